The van der Waals surface area contributed by atoms with Crippen LogP contribution in [0.3, 0.4) is 0 Å². The van der Waals surface area contributed by atoms with Gasteiger partial charge < -0.3 is 10.1 Å². The van der Waals surface area contributed by atoms with Gasteiger partial charge in [-0.3, -0.25) is 19.4 Å². The van der Waals surface area contributed by atoms with Crippen molar-refractivity contribution in [3.05, 3.63) is 58.2 Å². The monoisotopic (exact) mass is 399 g/mol. The fourth-order valence-corrected chi connectivity index (χ4v) is 3.62. The van der Waals surface area contributed by atoms with Crippen LogP contribution in [0.25, 0.3) is 16.9 Å². The molecule has 0 amide bonds. The summed E-state index contributed by atoms with van der Waals surface area (Å²) in [5, 5.41) is 14.8. The van der Waals surface area contributed by atoms with Crippen molar-refractivity contribution < 1.29 is 14.1 Å². The number of imidazole rings is 1. The van der Waals surface area contributed by atoms with Crippen molar-refractivity contribution in [1.82, 2.24) is 19.6 Å². The maximum absolute atomic E-state index is 13.9. The van der Waals surface area contributed by atoms with E-state index in [0.29, 0.717) is 30.1 Å². The molecule has 1 aliphatic heterocycles. The molecule has 1 saturated heterocycles. The summed E-state index contributed by atoms with van der Waals surface area (Å²) < 4.78 is 21.1. The van der Waals surface area contributed by atoms with Crippen LogP contribution in [0.2, 0.25) is 0 Å². The van der Waals surface area contributed by atoms with E-state index in [0.717, 1.165) is 31.9 Å². The van der Waals surface area contributed by atoms with E-state index in [1.54, 1.807) is 29.5 Å². The van der Waals surface area contributed by atoms with Crippen molar-refractivity contribution in [2.24, 2.45) is 0 Å². The largest absolute Gasteiger partial charge is 0.487 e. The quantitative estimate of drug-likeness (QED) is 0.507. The van der Waals surface area contributed by atoms with E-state index < -0.39 is 4.92 Å². The van der Waals surface area contributed by atoms with Crippen molar-refractivity contribution in [3.8, 4) is 17.0 Å². The van der Waals surface area contributed by atoms with Gasteiger partial charge in [-0.2, -0.15) is 0 Å². The van der Waals surface area contributed by atoms with E-state index in [1.807, 2.05) is 0 Å². The second-order valence-corrected chi connectivity index (χ2v) is 6.88. The molecule has 152 valence electrons. The molecule has 0 aliphatic carbocycles. The third-order valence-electron chi connectivity index (χ3n) is 4.99. The van der Waals surface area contributed by atoms with Crippen LogP contribution in [0.15, 0.2) is 36.5 Å². The SMILES string of the molecule is CCOc1ccc(-c2nc3ccc(F)cn3c2CN2CCNCC2)cc1[N+](=O)[O-]. The van der Waals surface area contributed by atoms with Gasteiger partial charge in [0.05, 0.1) is 22.9 Å². The Morgan fingerprint density at radius 3 is 2.79 bits per heavy atom. The standard InChI is InChI=1S/C20H22FN5O3/c1-2-29-18-5-3-14(11-16(18)26(27)28)20-17(13-24-9-7-22-8-10-24)25-12-15(21)4-6-19(25)23-20/h3-6,11-12,22H,2,7-10,13H2,1H3. The van der Waals surface area contributed by atoms with E-state index >= 15 is 0 Å². The van der Waals surface area contributed by atoms with Gasteiger partial charge in [-0.05, 0) is 31.2 Å². The molecule has 0 saturated carbocycles. The lowest BCUT2D eigenvalue weighted by Crippen LogP contribution is -2.43. The molecule has 8 nitrogen and oxygen atoms in total. The number of hydrogen-bond acceptors (Lipinski definition) is 6. The highest BCUT2D eigenvalue weighted by Gasteiger charge is 2.22. The summed E-state index contributed by atoms with van der Waals surface area (Å²) in [7, 11) is 0. The third-order valence-corrected chi connectivity index (χ3v) is 4.99. The lowest BCUT2D eigenvalue weighted by atomic mass is 10.1. The number of nitro benzene ring substituents is 1. The molecule has 0 spiro atoms. The van der Waals surface area contributed by atoms with Crippen LogP contribution in [0.5, 0.6) is 5.75 Å². The first kappa shape index (κ1) is 19.3. The Kier molecular flexibility index (Phi) is 5.41. The van der Waals surface area contributed by atoms with Gasteiger partial charge in [0.25, 0.3) is 0 Å². The van der Waals surface area contributed by atoms with Crippen molar-refractivity contribution in [3.63, 3.8) is 0 Å². The Labute approximate surface area is 167 Å². The molecule has 1 N–H and O–H groups in total. The molecular weight excluding hydrogens is 377 g/mol. The van der Waals surface area contributed by atoms with Crippen LogP contribution in [-0.4, -0.2) is 52.0 Å². The van der Waals surface area contributed by atoms with Gasteiger partial charge in [0.2, 0.25) is 0 Å². The van der Waals surface area contributed by atoms with Crippen molar-refractivity contribution >= 4 is 11.3 Å². The Hall–Kier alpha value is -3.04. The van der Waals surface area contributed by atoms with Crippen molar-refractivity contribution in [1.29, 1.82) is 0 Å². The van der Waals surface area contributed by atoms with Gasteiger partial charge in [-0.1, -0.05) is 0 Å². The maximum Gasteiger partial charge on any atom is 0.311 e. The molecule has 0 unspecified atom stereocenters. The lowest BCUT2D eigenvalue weighted by molar-refractivity contribution is -0.385. The van der Waals surface area contributed by atoms with E-state index in [4.69, 9.17) is 4.74 Å². The number of pyridine rings is 1. The van der Waals surface area contributed by atoms with E-state index in [-0.39, 0.29) is 17.3 Å². The highest BCUT2D eigenvalue weighted by atomic mass is 19.1. The van der Waals surface area contributed by atoms with Crippen LogP contribution in [0.4, 0.5) is 10.1 Å². The van der Waals surface area contributed by atoms with E-state index in [2.05, 4.69) is 15.2 Å². The number of nitro groups is 1. The molecule has 0 bridgehead atoms. The summed E-state index contributed by atoms with van der Waals surface area (Å²) in [4.78, 5) is 18.0. The number of halogens is 1. The van der Waals surface area contributed by atoms with E-state index in [9.17, 15) is 14.5 Å². The van der Waals surface area contributed by atoms with Crippen molar-refractivity contribution in [2.45, 2.75) is 13.5 Å². The van der Waals surface area contributed by atoms with Gasteiger partial charge in [-0.15, -0.1) is 0 Å². The second-order valence-electron chi connectivity index (χ2n) is 6.88. The normalized spacial score (nSPS) is 15.0. The van der Waals surface area contributed by atoms with Gasteiger partial charge in [0.1, 0.15) is 11.5 Å². The van der Waals surface area contributed by atoms with Gasteiger partial charge in [0.15, 0.2) is 5.75 Å². The molecule has 0 atom stereocenters. The smallest absolute Gasteiger partial charge is 0.311 e. The molecule has 3 aromatic rings. The van der Waals surface area contributed by atoms with Crippen LogP contribution in [-0.2, 0) is 6.54 Å². The highest BCUT2D eigenvalue weighted by molar-refractivity contribution is 5.71. The summed E-state index contributed by atoms with van der Waals surface area (Å²) in [6.07, 6.45) is 1.41. The molecule has 1 aliphatic rings. The molecule has 4 rings (SSSR count). The first-order valence-corrected chi connectivity index (χ1v) is 9.58. The van der Waals surface area contributed by atoms with Crippen molar-refractivity contribution in [2.75, 3.05) is 32.8 Å². The molecule has 1 aromatic carbocycles. The van der Waals surface area contributed by atoms with Gasteiger partial charge in [0, 0.05) is 50.6 Å². The molecular formula is C20H22FN5O3. The summed E-state index contributed by atoms with van der Waals surface area (Å²) in [5.41, 5.74) is 2.51. The topological polar surface area (TPSA) is 84.9 Å². The molecule has 2 aromatic heterocycles. The molecule has 3 heterocycles. The van der Waals surface area contributed by atoms with Crippen LogP contribution < -0.4 is 10.1 Å². The number of ether oxygens (including phenoxy) is 1. The highest BCUT2D eigenvalue weighted by Crippen LogP contribution is 2.34. The minimum atomic E-state index is -0.458. The predicted octanol–water partition coefficient (Wildman–Crippen LogP) is 2.85. The maximum atomic E-state index is 13.9. The number of aromatic nitrogens is 2. The zero-order valence-electron chi connectivity index (χ0n) is 16.1. The first-order chi connectivity index (χ1) is 14.1. The summed E-state index contributed by atoms with van der Waals surface area (Å²) in [6, 6.07) is 7.81. The average molecular weight is 399 g/mol. The number of hydrogen-bond donors (Lipinski definition) is 1. The minimum Gasteiger partial charge on any atom is -0.487 e. The third kappa shape index (κ3) is 3.92. The number of benzene rings is 1. The zero-order valence-corrected chi connectivity index (χ0v) is 16.1. The first-order valence-electron chi connectivity index (χ1n) is 9.58. The lowest BCUT2D eigenvalue weighted by Gasteiger charge is -2.27. The Bertz CT molecular complexity index is 1050. The van der Waals surface area contributed by atoms with Gasteiger partial charge in [-0.25, -0.2) is 9.37 Å². The Balaban J connectivity index is 1.83. The van der Waals surface area contributed by atoms with Crippen LogP contribution >= 0.6 is 0 Å². The van der Waals surface area contributed by atoms with Gasteiger partial charge >= 0.3 is 5.69 Å². The zero-order chi connectivity index (χ0) is 20.4. The summed E-state index contributed by atoms with van der Waals surface area (Å²) >= 11 is 0. The van der Waals surface area contributed by atoms with E-state index in [1.165, 1.54) is 18.3 Å². The second kappa shape index (κ2) is 8.14. The number of nitrogens with one attached hydrogen (secondary N) is 1. The molecule has 29 heavy (non-hydrogen) atoms. The fourth-order valence-electron chi connectivity index (χ4n) is 3.62. The number of fused-ring (bicyclic) bond motifs is 1. The number of piperazine rings is 1. The average Bonchev–Trinajstić information content (AvgIpc) is 3.07. The summed E-state index contributed by atoms with van der Waals surface area (Å²) in [5.74, 6) is -0.139. The predicted molar refractivity (Wildman–Crippen MR) is 107 cm³/mol. The summed E-state index contributed by atoms with van der Waals surface area (Å²) in [6.45, 7) is 6.19. The fraction of sp³-hybridized carbons (Fsp3) is 0.350. The number of rotatable bonds is 6. The molecule has 9 heteroatoms. The minimum absolute atomic E-state index is 0.110. The molecule has 0 radical (unpaired) electrons. The Morgan fingerprint density at radius 1 is 1.28 bits per heavy atom. The van der Waals surface area contributed by atoms with Crippen LogP contribution in [0.1, 0.15) is 12.6 Å². The number of nitrogens with zero attached hydrogens (tertiary/aromatic N) is 4. The Morgan fingerprint density at radius 2 is 2.07 bits per heavy atom. The van der Waals surface area contributed by atoms with Crippen LogP contribution in [0, 0.1) is 15.9 Å². The molecule has 1 fully saturated rings.